The van der Waals surface area contributed by atoms with Crippen molar-refractivity contribution in [1.82, 2.24) is 0 Å². The maximum Gasteiger partial charge on any atom is 0.460 e. The summed E-state index contributed by atoms with van der Waals surface area (Å²) in [6.45, 7) is 0. The molecule has 3 aromatic rings. The lowest BCUT2D eigenvalue weighted by atomic mass is 10.1. The van der Waals surface area contributed by atoms with Gasteiger partial charge in [0.25, 0.3) is 0 Å². The van der Waals surface area contributed by atoms with Crippen LogP contribution in [0.15, 0.2) is 105 Å². The predicted molar refractivity (Wildman–Crippen MR) is 125 cm³/mol. The SMILES string of the molecule is CS(=O)(=O)c1ccc([S+](c2ccccc2)c2ccccc2)cc1.O=S(=O)([O-])C(F)(F)C(F)(F)C(F)(F)C(F)(F)F. The first-order chi connectivity index (χ1) is 18.1. The first-order valence-electron chi connectivity index (χ1n) is 10.4. The van der Waals surface area contributed by atoms with Crippen LogP contribution in [0, 0.1) is 0 Å². The van der Waals surface area contributed by atoms with Gasteiger partial charge in [-0.2, -0.15) is 39.5 Å². The highest BCUT2D eigenvalue weighted by Gasteiger charge is 2.83. The lowest BCUT2D eigenvalue weighted by Gasteiger charge is -2.34. The number of benzene rings is 3. The number of alkyl halides is 9. The molecule has 5 nitrogen and oxygen atoms in total. The fourth-order valence-corrected chi connectivity index (χ4v) is 6.02. The molecule has 0 amide bonds. The van der Waals surface area contributed by atoms with Crippen molar-refractivity contribution in [2.45, 2.75) is 42.9 Å². The van der Waals surface area contributed by atoms with Crippen LogP contribution in [0.25, 0.3) is 0 Å². The molecule has 0 saturated heterocycles. The third-order valence-corrected chi connectivity index (χ3v) is 9.12. The lowest BCUT2D eigenvalue weighted by molar-refractivity contribution is -0.382. The summed E-state index contributed by atoms with van der Waals surface area (Å²) in [6, 6.07) is 27.8. The van der Waals surface area contributed by atoms with E-state index in [0.717, 1.165) is 4.90 Å². The van der Waals surface area contributed by atoms with Gasteiger partial charge in [0.15, 0.2) is 34.6 Å². The van der Waals surface area contributed by atoms with Crippen molar-refractivity contribution in [2.75, 3.05) is 6.26 Å². The quantitative estimate of drug-likeness (QED) is 0.176. The topological polar surface area (TPSA) is 91.3 Å². The normalized spacial score (nSPS) is 13.5. The molecule has 0 atom stereocenters. The third kappa shape index (κ3) is 6.92. The Balaban J connectivity index is 0.000000296. The van der Waals surface area contributed by atoms with Crippen LogP contribution >= 0.6 is 0 Å². The number of rotatable bonds is 7. The minimum Gasteiger partial charge on any atom is -0.743 e. The van der Waals surface area contributed by atoms with Crippen molar-refractivity contribution in [2.24, 2.45) is 0 Å². The third-order valence-electron chi connectivity index (χ3n) is 4.88. The largest absolute Gasteiger partial charge is 0.743 e. The van der Waals surface area contributed by atoms with Crippen molar-refractivity contribution in [3.63, 3.8) is 0 Å². The van der Waals surface area contributed by atoms with Crippen molar-refractivity contribution in [1.29, 1.82) is 0 Å². The van der Waals surface area contributed by atoms with Gasteiger partial charge in [0.1, 0.15) is 0 Å². The fourth-order valence-electron chi connectivity index (χ4n) is 2.86. The molecule has 0 aliphatic rings. The molecule has 0 bridgehead atoms. The molecule has 0 heterocycles. The Morgan fingerprint density at radius 1 is 0.575 bits per heavy atom. The maximum atomic E-state index is 12.2. The standard InChI is InChI=1S/C19H17O2S2.C4HF9O3S/c1-23(20,21)19-14-12-18(13-15-19)22(16-8-4-2-5-9-16)17-10-6-3-7-11-17;5-1(6,3(9,10)11)2(7,8)4(12,13)17(14,15)16/h2-15H,1H3;(H,14,15,16)/q+1;/p-1. The Kier molecular flexibility index (Phi) is 9.71. The lowest BCUT2D eigenvalue weighted by Crippen LogP contribution is -2.63. The first-order valence-corrected chi connectivity index (χ1v) is 14.9. The smallest absolute Gasteiger partial charge is 0.460 e. The summed E-state index contributed by atoms with van der Waals surface area (Å²) >= 11 is 0. The summed E-state index contributed by atoms with van der Waals surface area (Å²) in [5.41, 5.74) is 0. The maximum absolute atomic E-state index is 12.2. The molecule has 0 fully saturated rings. The highest BCUT2D eigenvalue weighted by Crippen LogP contribution is 2.54. The van der Waals surface area contributed by atoms with Gasteiger partial charge in [-0.25, -0.2) is 16.8 Å². The van der Waals surface area contributed by atoms with E-state index in [2.05, 4.69) is 24.3 Å². The summed E-state index contributed by atoms with van der Waals surface area (Å²) in [5, 5.41) is -7.11. The average molecular weight is 641 g/mol. The second kappa shape index (κ2) is 11.6. The molecule has 0 unspecified atom stereocenters. The summed E-state index contributed by atoms with van der Waals surface area (Å²) in [6.07, 6.45) is -5.93. The van der Waals surface area contributed by atoms with E-state index >= 15 is 0 Å². The first kappa shape index (κ1) is 33.4. The van der Waals surface area contributed by atoms with Gasteiger partial charge in [-0.15, -0.1) is 0 Å². The number of sulfone groups is 1. The van der Waals surface area contributed by atoms with E-state index in [1.807, 2.05) is 48.5 Å². The van der Waals surface area contributed by atoms with Crippen LogP contribution in [0.2, 0.25) is 0 Å². The second-order valence-corrected chi connectivity index (χ2v) is 13.3. The van der Waals surface area contributed by atoms with Crippen LogP contribution in [0.1, 0.15) is 0 Å². The Labute approximate surface area is 225 Å². The van der Waals surface area contributed by atoms with Crippen LogP contribution in [0.4, 0.5) is 39.5 Å². The number of halogens is 9. The molecule has 3 rings (SSSR count). The molecule has 17 heteroatoms. The molecular formula is C23H17F9O5S3. The van der Waals surface area contributed by atoms with Crippen LogP contribution in [0.5, 0.6) is 0 Å². The zero-order chi connectivity index (χ0) is 30.8. The molecule has 0 aromatic heterocycles. The van der Waals surface area contributed by atoms with Gasteiger partial charge in [-0.3, -0.25) is 0 Å². The van der Waals surface area contributed by atoms with Gasteiger partial charge >= 0.3 is 23.3 Å². The number of hydrogen-bond acceptors (Lipinski definition) is 5. The summed E-state index contributed by atoms with van der Waals surface area (Å²) in [5.74, 6) is -14.8. The Hall–Kier alpha value is -2.76. The van der Waals surface area contributed by atoms with Gasteiger partial charge in [-0.1, -0.05) is 36.4 Å². The summed E-state index contributed by atoms with van der Waals surface area (Å²) < 4.78 is 159. The molecule has 3 aromatic carbocycles. The van der Waals surface area contributed by atoms with Crippen LogP contribution in [0.3, 0.4) is 0 Å². The highest BCUT2D eigenvalue weighted by molar-refractivity contribution is 7.97. The van der Waals surface area contributed by atoms with E-state index < -0.39 is 43.2 Å². The second-order valence-electron chi connectivity index (χ2n) is 7.79. The van der Waals surface area contributed by atoms with E-state index in [0.29, 0.717) is 4.90 Å². The molecule has 0 N–H and O–H groups in total. The van der Waals surface area contributed by atoms with E-state index in [1.54, 1.807) is 12.1 Å². The number of hydrogen-bond donors (Lipinski definition) is 0. The van der Waals surface area contributed by atoms with Gasteiger partial charge in [-0.05, 0) is 48.5 Å². The van der Waals surface area contributed by atoms with E-state index in [1.165, 1.54) is 16.0 Å². The van der Waals surface area contributed by atoms with Crippen molar-refractivity contribution in [3.05, 3.63) is 84.9 Å². The van der Waals surface area contributed by atoms with Gasteiger partial charge in [0.2, 0.25) is 0 Å². The fraction of sp³-hybridized carbons (Fsp3) is 0.217. The van der Waals surface area contributed by atoms with Crippen LogP contribution < -0.4 is 0 Å². The van der Waals surface area contributed by atoms with Gasteiger partial charge < -0.3 is 4.55 Å². The zero-order valence-corrected chi connectivity index (χ0v) is 22.2. The molecule has 0 radical (unpaired) electrons. The molecule has 0 spiro atoms. The minimum absolute atomic E-state index is 0.245. The molecule has 40 heavy (non-hydrogen) atoms. The average Bonchev–Trinajstić information content (AvgIpc) is 2.84. The molecular weight excluding hydrogens is 623 g/mol. The Bertz CT molecular complexity index is 1460. The Morgan fingerprint density at radius 3 is 1.23 bits per heavy atom. The predicted octanol–water partition coefficient (Wildman–Crippen LogP) is 6.14. The van der Waals surface area contributed by atoms with Crippen molar-refractivity contribution in [3.8, 4) is 0 Å². The summed E-state index contributed by atoms with van der Waals surface area (Å²) in [4.78, 5) is 3.89. The van der Waals surface area contributed by atoms with Crippen molar-refractivity contribution >= 4 is 30.9 Å². The Morgan fingerprint density at radius 2 is 0.925 bits per heavy atom. The molecule has 0 saturated carbocycles. The monoisotopic (exact) mass is 640 g/mol. The van der Waals surface area contributed by atoms with Crippen LogP contribution in [-0.4, -0.2) is 50.9 Å². The van der Waals surface area contributed by atoms with Crippen LogP contribution in [-0.2, 0) is 30.9 Å². The van der Waals surface area contributed by atoms with E-state index in [-0.39, 0.29) is 10.9 Å². The van der Waals surface area contributed by atoms with Gasteiger partial charge in [0.05, 0.1) is 15.8 Å². The van der Waals surface area contributed by atoms with E-state index in [4.69, 9.17) is 0 Å². The minimum atomic E-state index is -7.43. The molecule has 220 valence electrons. The molecule has 0 aliphatic heterocycles. The highest BCUT2D eigenvalue weighted by atomic mass is 32.2. The van der Waals surface area contributed by atoms with Gasteiger partial charge in [0, 0.05) is 6.26 Å². The molecule has 0 aliphatic carbocycles. The summed E-state index contributed by atoms with van der Waals surface area (Å²) in [7, 11) is -10.8. The van der Waals surface area contributed by atoms with E-state index in [9.17, 15) is 60.9 Å². The zero-order valence-electron chi connectivity index (χ0n) is 19.8. The van der Waals surface area contributed by atoms with Crippen molar-refractivity contribution < 1.29 is 60.9 Å².